The lowest BCUT2D eigenvalue weighted by atomic mass is 10.1. The van der Waals surface area contributed by atoms with Crippen molar-refractivity contribution in [1.82, 2.24) is 4.90 Å². The predicted molar refractivity (Wildman–Crippen MR) is 140 cm³/mol. The number of benzene rings is 3. The van der Waals surface area contributed by atoms with Gasteiger partial charge in [0.1, 0.15) is 4.90 Å². The third-order valence-electron chi connectivity index (χ3n) is 4.95. The van der Waals surface area contributed by atoms with E-state index >= 15 is 0 Å². The normalized spacial score (nSPS) is 15.0. The van der Waals surface area contributed by atoms with E-state index in [-0.39, 0.29) is 32.9 Å². The maximum absolute atomic E-state index is 12.9. The number of amides is 2. The van der Waals surface area contributed by atoms with Gasteiger partial charge in [0.2, 0.25) is 5.75 Å². The topological polar surface area (TPSA) is 90.0 Å². The molecule has 36 heavy (non-hydrogen) atoms. The summed E-state index contributed by atoms with van der Waals surface area (Å²) in [7, 11) is -2.92. The summed E-state index contributed by atoms with van der Waals surface area (Å²) in [5.41, 5.74) is 1.11. The minimum atomic E-state index is -4.23. The number of rotatable bonds is 7. The van der Waals surface area contributed by atoms with Gasteiger partial charge in [-0.25, -0.2) is 0 Å². The lowest BCUT2D eigenvalue weighted by Gasteiger charge is -2.14. The van der Waals surface area contributed by atoms with Crippen LogP contribution in [-0.2, 0) is 21.5 Å². The van der Waals surface area contributed by atoms with E-state index in [1.165, 1.54) is 49.6 Å². The first-order chi connectivity index (χ1) is 17.1. The second kappa shape index (κ2) is 10.7. The van der Waals surface area contributed by atoms with E-state index in [1.807, 2.05) is 0 Å². The van der Waals surface area contributed by atoms with Crippen molar-refractivity contribution >= 4 is 73.9 Å². The number of hydrogen-bond donors (Lipinski definition) is 0. The molecule has 186 valence electrons. The number of nitrogens with zero attached hydrogens (tertiary/aromatic N) is 1. The van der Waals surface area contributed by atoms with Gasteiger partial charge in [0.15, 0.2) is 5.75 Å². The first kappa shape index (κ1) is 26.4. The van der Waals surface area contributed by atoms with Gasteiger partial charge in [-0.3, -0.25) is 14.5 Å². The minimum Gasteiger partial charge on any atom is -0.493 e. The molecule has 3 aromatic carbocycles. The molecule has 0 atom stereocenters. The molecule has 1 aliphatic rings. The molecule has 1 aliphatic heterocycles. The predicted octanol–water partition coefficient (Wildman–Crippen LogP) is 6.66. The van der Waals surface area contributed by atoms with Crippen LogP contribution in [0.5, 0.6) is 11.5 Å². The fourth-order valence-electron chi connectivity index (χ4n) is 3.27. The molecule has 0 N–H and O–H groups in total. The minimum absolute atomic E-state index is 0.0180. The van der Waals surface area contributed by atoms with Crippen LogP contribution in [-0.4, -0.2) is 31.6 Å². The number of ether oxygens (including phenoxy) is 1. The second-order valence-electron chi connectivity index (χ2n) is 7.42. The highest BCUT2D eigenvalue weighted by atomic mass is 35.5. The Morgan fingerprint density at radius 1 is 0.972 bits per heavy atom. The van der Waals surface area contributed by atoms with Gasteiger partial charge in [-0.2, -0.15) is 8.42 Å². The van der Waals surface area contributed by atoms with E-state index < -0.39 is 21.3 Å². The number of carbonyl (C=O) groups excluding carboxylic acids is 2. The summed E-state index contributed by atoms with van der Waals surface area (Å²) >= 11 is 18.9. The highest BCUT2D eigenvalue weighted by Gasteiger charge is 2.35. The lowest BCUT2D eigenvalue weighted by molar-refractivity contribution is -0.123. The molecule has 0 spiro atoms. The van der Waals surface area contributed by atoms with Gasteiger partial charge in [-0.05, 0) is 77.5 Å². The average molecular weight is 585 g/mol. The number of carbonyl (C=O) groups is 2. The average Bonchev–Trinajstić information content (AvgIpc) is 3.08. The van der Waals surface area contributed by atoms with Crippen LogP contribution < -0.4 is 8.92 Å². The van der Waals surface area contributed by atoms with E-state index in [1.54, 1.807) is 24.3 Å². The van der Waals surface area contributed by atoms with Crippen molar-refractivity contribution < 1.29 is 26.9 Å². The third-order valence-corrected chi connectivity index (χ3v) is 7.86. The molecule has 12 heteroatoms. The quantitative estimate of drug-likeness (QED) is 0.227. The van der Waals surface area contributed by atoms with Crippen molar-refractivity contribution in [3.63, 3.8) is 0 Å². The Kier molecular flexibility index (Phi) is 7.87. The maximum Gasteiger partial charge on any atom is 0.339 e. The van der Waals surface area contributed by atoms with Gasteiger partial charge < -0.3 is 8.92 Å². The van der Waals surface area contributed by atoms with Crippen LogP contribution in [0.4, 0.5) is 4.79 Å². The molecule has 0 bridgehead atoms. The molecule has 1 heterocycles. The molecule has 4 rings (SSSR count). The van der Waals surface area contributed by atoms with Crippen molar-refractivity contribution in [2.75, 3.05) is 7.11 Å². The van der Waals surface area contributed by atoms with Gasteiger partial charge in [0.05, 0.1) is 23.6 Å². The number of imide groups is 1. The van der Waals surface area contributed by atoms with E-state index in [2.05, 4.69) is 0 Å². The van der Waals surface area contributed by atoms with Crippen molar-refractivity contribution in [1.29, 1.82) is 0 Å². The number of halogens is 3. The number of hydrogen-bond acceptors (Lipinski definition) is 7. The lowest BCUT2D eigenvalue weighted by Crippen LogP contribution is -2.27. The largest absolute Gasteiger partial charge is 0.493 e. The van der Waals surface area contributed by atoms with Crippen LogP contribution in [0.2, 0.25) is 15.1 Å². The van der Waals surface area contributed by atoms with E-state index in [0.29, 0.717) is 21.2 Å². The van der Waals surface area contributed by atoms with Crippen molar-refractivity contribution in [2.45, 2.75) is 11.4 Å². The molecule has 2 amide bonds. The van der Waals surface area contributed by atoms with Gasteiger partial charge in [0, 0.05) is 10.0 Å². The third kappa shape index (κ3) is 5.82. The number of methoxy groups -OCH3 is 1. The van der Waals surface area contributed by atoms with Crippen LogP contribution in [0.1, 0.15) is 11.1 Å². The van der Waals surface area contributed by atoms with Crippen molar-refractivity contribution in [3.8, 4) is 11.5 Å². The summed E-state index contributed by atoms with van der Waals surface area (Å²) in [6, 6.07) is 15.2. The van der Waals surface area contributed by atoms with E-state index in [0.717, 1.165) is 16.7 Å². The second-order valence-corrected chi connectivity index (χ2v) is 11.2. The summed E-state index contributed by atoms with van der Waals surface area (Å²) in [5, 5.41) is 0.359. The molecular formula is C24H16Cl3NO6S2. The monoisotopic (exact) mass is 583 g/mol. The smallest absolute Gasteiger partial charge is 0.339 e. The zero-order valence-electron chi connectivity index (χ0n) is 18.4. The summed E-state index contributed by atoms with van der Waals surface area (Å²) in [4.78, 5) is 26.5. The Morgan fingerprint density at radius 3 is 2.36 bits per heavy atom. The van der Waals surface area contributed by atoms with E-state index in [4.69, 9.17) is 43.7 Å². The molecule has 1 saturated heterocycles. The summed E-state index contributed by atoms with van der Waals surface area (Å²) < 4.78 is 35.9. The van der Waals surface area contributed by atoms with Crippen LogP contribution in [0.25, 0.3) is 6.08 Å². The zero-order valence-corrected chi connectivity index (χ0v) is 22.3. The molecule has 0 aliphatic carbocycles. The highest BCUT2D eigenvalue weighted by molar-refractivity contribution is 8.18. The molecule has 7 nitrogen and oxygen atoms in total. The summed E-state index contributed by atoms with van der Waals surface area (Å²) in [6.07, 6.45) is 1.47. The van der Waals surface area contributed by atoms with Gasteiger partial charge in [-0.15, -0.1) is 0 Å². The van der Waals surface area contributed by atoms with Gasteiger partial charge in [0.25, 0.3) is 11.1 Å². The van der Waals surface area contributed by atoms with Gasteiger partial charge in [-0.1, -0.05) is 46.9 Å². The molecule has 3 aromatic rings. The SMILES string of the molecule is COc1cc(/C=C2\SC(=O)N(Cc3cccc(Cl)c3)C2=O)cc(Cl)c1OS(=O)(=O)c1ccc(Cl)cc1. The first-order valence-corrected chi connectivity index (χ1v) is 13.5. The summed E-state index contributed by atoms with van der Waals surface area (Å²) in [6.45, 7) is 0.0714. The van der Waals surface area contributed by atoms with Crippen molar-refractivity contribution in [3.05, 3.63) is 91.8 Å². The van der Waals surface area contributed by atoms with Crippen LogP contribution in [0.15, 0.2) is 70.5 Å². The maximum atomic E-state index is 12.9. The zero-order chi connectivity index (χ0) is 26.0. The Bertz CT molecular complexity index is 1490. The molecule has 0 radical (unpaired) electrons. The highest BCUT2D eigenvalue weighted by Crippen LogP contribution is 2.40. The molecule has 0 saturated carbocycles. The number of thioether (sulfide) groups is 1. The van der Waals surface area contributed by atoms with Crippen LogP contribution >= 0.6 is 46.6 Å². The Balaban J connectivity index is 1.60. The van der Waals surface area contributed by atoms with Gasteiger partial charge >= 0.3 is 10.1 Å². The Hall–Kier alpha value is -2.69. The van der Waals surface area contributed by atoms with E-state index in [9.17, 15) is 18.0 Å². The van der Waals surface area contributed by atoms with Crippen LogP contribution in [0, 0.1) is 0 Å². The molecule has 0 unspecified atom stereocenters. The fraction of sp³-hybridized carbons (Fsp3) is 0.0833. The molecule has 1 fully saturated rings. The first-order valence-electron chi connectivity index (χ1n) is 10.1. The molecular weight excluding hydrogens is 569 g/mol. The Labute approximate surface area is 226 Å². The van der Waals surface area contributed by atoms with Crippen LogP contribution in [0.3, 0.4) is 0 Å². The van der Waals surface area contributed by atoms with Crippen molar-refractivity contribution in [2.24, 2.45) is 0 Å². The Morgan fingerprint density at radius 2 is 1.69 bits per heavy atom. The fourth-order valence-corrected chi connectivity index (χ4v) is 5.71. The standard InChI is InChI=1S/C24H16Cl3NO6S2/c1-33-20-11-15(10-19(27)22(20)34-36(31,32)18-7-5-16(25)6-8-18)12-21-23(29)28(24(30)35-21)13-14-3-2-4-17(26)9-14/h2-12H,13H2,1H3/b21-12-. The summed E-state index contributed by atoms with van der Waals surface area (Å²) in [5.74, 6) is -0.685. The molecule has 0 aromatic heterocycles.